The van der Waals surface area contributed by atoms with Gasteiger partial charge in [-0.25, -0.2) is 0 Å². The molecule has 0 atom stereocenters. The van der Waals surface area contributed by atoms with Gasteiger partial charge in [-0.1, -0.05) is 23.1 Å². The Morgan fingerprint density at radius 1 is 1.31 bits per heavy atom. The molecular weight excluding hydrogens is 239 g/mol. The zero-order valence-corrected chi connectivity index (χ0v) is 9.11. The molecule has 0 aliphatic rings. The summed E-state index contributed by atoms with van der Waals surface area (Å²) in [7, 11) is 5.48. The van der Waals surface area contributed by atoms with Crippen molar-refractivity contribution in [3.8, 4) is 5.75 Å². The molecule has 0 heterocycles. The van der Waals surface area contributed by atoms with Crippen LogP contribution in [0.4, 0.5) is 13.2 Å². The first-order chi connectivity index (χ1) is 7.38. The van der Waals surface area contributed by atoms with E-state index in [4.69, 9.17) is 24.2 Å². The first-order valence-corrected chi connectivity index (χ1v) is 5.01. The van der Waals surface area contributed by atoms with Crippen LogP contribution in [0.1, 0.15) is 12.8 Å². The summed E-state index contributed by atoms with van der Waals surface area (Å²) in [5.41, 5.74) is 0.454. The summed E-state index contributed by atoms with van der Waals surface area (Å²) in [6.45, 7) is -0.0390. The Kier molecular flexibility index (Phi) is 4.53. The normalized spacial score (nSPS) is 11.5. The summed E-state index contributed by atoms with van der Waals surface area (Å²) in [4.78, 5) is 0. The highest BCUT2D eigenvalue weighted by Crippen LogP contribution is 2.24. The summed E-state index contributed by atoms with van der Waals surface area (Å²) >= 11 is 5.76. The molecule has 0 spiro atoms. The minimum Gasteiger partial charge on any atom is -0.492 e. The highest BCUT2D eigenvalue weighted by atomic mass is 35.5. The van der Waals surface area contributed by atoms with Crippen LogP contribution in [-0.4, -0.2) is 20.6 Å². The van der Waals surface area contributed by atoms with E-state index in [1.54, 1.807) is 6.07 Å². The van der Waals surface area contributed by atoms with Crippen molar-refractivity contribution in [1.29, 1.82) is 0 Å². The number of ether oxygens (including phenoxy) is 1. The molecule has 0 aromatic heterocycles. The predicted molar refractivity (Wildman–Crippen MR) is 57.6 cm³/mol. The average molecular weight is 248 g/mol. The Morgan fingerprint density at radius 2 is 2.00 bits per heavy atom. The maximum absolute atomic E-state index is 11.8. The van der Waals surface area contributed by atoms with Crippen molar-refractivity contribution < 1.29 is 17.9 Å². The lowest BCUT2D eigenvalue weighted by Gasteiger charge is -2.10. The number of alkyl halides is 3. The molecule has 0 saturated carbocycles. The van der Waals surface area contributed by atoms with E-state index in [9.17, 15) is 13.2 Å². The maximum Gasteiger partial charge on any atom is 0.389 e. The van der Waals surface area contributed by atoms with Crippen LogP contribution in [0.5, 0.6) is 5.75 Å². The Morgan fingerprint density at radius 3 is 2.62 bits per heavy atom. The third-order valence-electron chi connectivity index (χ3n) is 1.82. The van der Waals surface area contributed by atoms with E-state index < -0.39 is 12.6 Å². The molecule has 86 valence electrons. The van der Waals surface area contributed by atoms with E-state index in [0.717, 1.165) is 0 Å². The summed E-state index contributed by atoms with van der Waals surface area (Å²) in [5, 5.41) is 0.334. The van der Waals surface area contributed by atoms with Crippen LogP contribution in [0, 0.1) is 0 Å². The van der Waals surface area contributed by atoms with Crippen molar-refractivity contribution in [2.75, 3.05) is 6.61 Å². The van der Waals surface area contributed by atoms with E-state index in [1.165, 1.54) is 12.1 Å². The largest absolute Gasteiger partial charge is 0.492 e. The van der Waals surface area contributed by atoms with Crippen LogP contribution in [0.25, 0.3) is 0 Å². The number of rotatable bonds is 4. The highest BCUT2D eigenvalue weighted by molar-refractivity contribution is 6.35. The molecule has 0 amide bonds. The molecule has 0 saturated heterocycles. The smallest absolute Gasteiger partial charge is 0.389 e. The van der Waals surface area contributed by atoms with Gasteiger partial charge in [0.25, 0.3) is 0 Å². The van der Waals surface area contributed by atoms with E-state index in [1.807, 2.05) is 0 Å². The van der Waals surface area contributed by atoms with Crippen LogP contribution >= 0.6 is 11.6 Å². The molecule has 0 unspecified atom stereocenters. The van der Waals surface area contributed by atoms with Crippen LogP contribution in [0.2, 0.25) is 5.02 Å². The van der Waals surface area contributed by atoms with E-state index in [0.29, 0.717) is 16.2 Å². The van der Waals surface area contributed by atoms with Crippen LogP contribution in [0.15, 0.2) is 18.2 Å². The van der Waals surface area contributed by atoms with Crippen LogP contribution in [-0.2, 0) is 0 Å². The molecule has 1 rings (SSSR count). The lowest BCUT2D eigenvalue weighted by Crippen LogP contribution is -2.10. The van der Waals surface area contributed by atoms with Gasteiger partial charge in [0.2, 0.25) is 0 Å². The lowest BCUT2D eigenvalue weighted by atomic mass is 9.96. The molecule has 0 bridgehead atoms. The molecule has 16 heavy (non-hydrogen) atoms. The van der Waals surface area contributed by atoms with Gasteiger partial charge in [0, 0.05) is 6.42 Å². The fraction of sp³-hybridized carbons (Fsp3) is 0.400. The van der Waals surface area contributed by atoms with E-state index in [2.05, 4.69) is 0 Å². The second kappa shape index (κ2) is 5.48. The van der Waals surface area contributed by atoms with Crippen LogP contribution < -0.4 is 10.2 Å². The third kappa shape index (κ3) is 4.79. The summed E-state index contributed by atoms with van der Waals surface area (Å²) in [5.74, 6) is 0.309. The van der Waals surface area contributed by atoms with Crippen molar-refractivity contribution in [3.05, 3.63) is 23.2 Å². The molecule has 0 aliphatic heterocycles. The molecule has 1 aromatic rings. The monoisotopic (exact) mass is 248 g/mol. The van der Waals surface area contributed by atoms with Crippen molar-refractivity contribution >= 4 is 24.9 Å². The molecule has 0 fully saturated rings. The second-order valence-corrected chi connectivity index (χ2v) is 3.66. The molecular formula is C10H9BClF3O. The minimum absolute atomic E-state index is 0.0390. The predicted octanol–water partition coefficient (Wildman–Crippen LogP) is 2.86. The highest BCUT2D eigenvalue weighted by Gasteiger charge is 2.26. The van der Waals surface area contributed by atoms with E-state index >= 15 is 0 Å². The SMILES string of the molecule is [B]c1ccc(Cl)c(OCCCC(F)(F)F)c1. The topological polar surface area (TPSA) is 9.23 Å². The summed E-state index contributed by atoms with van der Waals surface area (Å²) < 4.78 is 40.6. The van der Waals surface area contributed by atoms with Gasteiger partial charge >= 0.3 is 6.18 Å². The van der Waals surface area contributed by atoms with E-state index in [-0.39, 0.29) is 13.0 Å². The van der Waals surface area contributed by atoms with Crippen molar-refractivity contribution in [1.82, 2.24) is 0 Å². The average Bonchev–Trinajstić information content (AvgIpc) is 2.16. The van der Waals surface area contributed by atoms with Crippen molar-refractivity contribution in [2.24, 2.45) is 0 Å². The minimum atomic E-state index is -4.15. The Balaban J connectivity index is 2.40. The van der Waals surface area contributed by atoms with Gasteiger partial charge < -0.3 is 4.74 Å². The molecule has 1 nitrogen and oxygen atoms in total. The number of benzene rings is 1. The number of hydrogen-bond donors (Lipinski definition) is 0. The molecule has 2 radical (unpaired) electrons. The Labute approximate surface area is 98.0 Å². The van der Waals surface area contributed by atoms with Gasteiger partial charge in [-0.2, -0.15) is 13.2 Å². The molecule has 1 aromatic carbocycles. The summed E-state index contributed by atoms with van der Waals surface area (Å²) in [6.07, 6.45) is -5.12. The first-order valence-electron chi connectivity index (χ1n) is 4.63. The third-order valence-corrected chi connectivity index (χ3v) is 2.13. The van der Waals surface area contributed by atoms with Gasteiger partial charge in [-0.3, -0.25) is 0 Å². The van der Waals surface area contributed by atoms with Gasteiger partial charge in [0.15, 0.2) is 0 Å². The number of halogens is 4. The fourth-order valence-corrected chi connectivity index (χ4v) is 1.26. The Bertz CT molecular complexity index is 354. The maximum atomic E-state index is 11.8. The second-order valence-electron chi connectivity index (χ2n) is 3.26. The summed E-state index contributed by atoms with van der Waals surface area (Å²) in [6, 6.07) is 4.61. The molecule has 0 aliphatic carbocycles. The van der Waals surface area contributed by atoms with Crippen LogP contribution in [0.3, 0.4) is 0 Å². The zero-order valence-electron chi connectivity index (χ0n) is 8.35. The molecule has 6 heteroatoms. The quantitative estimate of drug-likeness (QED) is 0.588. The fourth-order valence-electron chi connectivity index (χ4n) is 1.09. The van der Waals surface area contributed by atoms with Gasteiger partial charge in [0.05, 0.1) is 11.6 Å². The standard InChI is InChI=1S/C10H9BClF3O/c11-7-2-3-8(12)9(6-7)16-5-1-4-10(13,14)15/h2-3,6H,1,4-5H2. The van der Waals surface area contributed by atoms with Gasteiger partial charge in [-0.05, 0) is 18.6 Å². The lowest BCUT2D eigenvalue weighted by molar-refractivity contribution is -0.136. The molecule has 0 N–H and O–H groups in total. The Hall–Kier alpha value is -0.835. The van der Waals surface area contributed by atoms with Crippen molar-refractivity contribution in [3.63, 3.8) is 0 Å². The number of hydrogen-bond acceptors (Lipinski definition) is 1. The zero-order chi connectivity index (χ0) is 12.2. The van der Waals surface area contributed by atoms with Crippen molar-refractivity contribution in [2.45, 2.75) is 19.0 Å². The van der Waals surface area contributed by atoms with Gasteiger partial charge in [0.1, 0.15) is 13.6 Å². The van der Waals surface area contributed by atoms with Gasteiger partial charge in [-0.15, -0.1) is 0 Å². The first kappa shape index (κ1) is 13.2.